The quantitative estimate of drug-likeness (QED) is 0.673. The predicted octanol–water partition coefficient (Wildman–Crippen LogP) is 4.01. The Hall–Kier alpha value is -2.66. The summed E-state index contributed by atoms with van der Waals surface area (Å²) in [5.41, 5.74) is 2.27. The maximum absolute atomic E-state index is 6.09. The van der Waals surface area contributed by atoms with Gasteiger partial charge in [-0.15, -0.1) is 0 Å². The van der Waals surface area contributed by atoms with Crippen LogP contribution >= 0.6 is 0 Å². The van der Waals surface area contributed by atoms with Crippen LogP contribution in [0.25, 0.3) is 0 Å². The highest BCUT2D eigenvalue weighted by atomic mass is 16.5. The van der Waals surface area contributed by atoms with E-state index < -0.39 is 0 Å². The first-order valence-corrected chi connectivity index (χ1v) is 9.03. The topological polar surface area (TPSA) is 51.4 Å². The molecule has 5 nitrogen and oxygen atoms in total. The van der Waals surface area contributed by atoms with E-state index in [1.807, 2.05) is 36.7 Å². The van der Waals surface area contributed by atoms with Crippen molar-refractivity contribution in [1.29, 1.82) is 0 Å². The first-order valence-electron chi connectivity index (χ1n) is 9.03. The number of hydrogen-bond donors (Lipinski definition) is 0. The van der Waals surface area contributed by atoms with Crippen LogP contribution in [-0.4, -0.2) is 28.5 Å². The summed E-state index contributed by atoms with van der Waals surface area (Å²) < 4.78 is 11.3. The number of aromatic nitrogens is 2. The molecule has 3 aromatic rings. The van der Waals surface area contributed by atoms with E-state index in [0.29, 0.717) is 0 Å². The van der Waals surface area contributed by atoms with Crippen molar-refractivity contribution < 1.29 is 9.15 Å². The molecule has 5 heteroatoms. The lowest BCUT2D eigenvalue weighted by atomic mass is 10.1. The third-order valence-electron chi connectivity index (χ3n) is 4.85. The third-order valence-corrected chi connectivity index (χ3v) is 4.85. The summed E-state index contributed by atoms with van der Waals surface area (Å²) in [7, 11) is 1.68. The molecule has 1 aliphatic rings. The molecular formula is C21H23N3O2. The van der Waals surface area contributed by atoms with E-state index in [4.69, 9.17) is 9.15 Å². The molecule has 0 saturated carbocycles. The van der Waals surface area contributed by atoms with Crippen LogP contribution in [0.2, 0.25) is 0 Å². The first-order chi connectivity index (χ1) is 12.8. The number of likely N-dealkylation sites (tertiary alicyclic amines) is 1. The van der Waals surface area contributed by atoms with Gasteiger partial charge in [-0.2, -0.15) is 0 Å². The van der Waals surface area contributed by atoms with Gasteiger partial charge in [-0.25, -0.2) is 4.98 Å². The molecule has 4 rings (SSSR count). The van der Waals surface area contributed by atoms with Crippen molar-refractivity contribution >= 4 is 0 Å². The van der Waals surface area contributed by atoms with E-state index in [1.165, 1.54) is 5.56 Å². The molecule has 0 bridgehead atoms. The molecule has 1 aliphatic heterocycles. The van der Waals surface area contributed by atoms with Crippen LogP contribution in [0.1, 0.15) is 41.8 Å². The Morgan fingerprint density at radius 2 is 2.04 bits per heavy atom. The summed E-state index contributed by atoms with van der Waals surface area (Å²) in [6.07, 6.45) is 6.68. The van der Waals surface area contributed by atoms with Gasteiger partial charge in [0.2, 0.25) is 5.89 Å². The standard InChI is InChI=1S/C21H23N3O2/c1-25-18-9-7-16(8-10-18)13-19-14-23-21(26-19)20-6-4-12-24(20)15-17-5-2-3-11-22-17/h2-3,5,7-11,14,20H,4,6,12-13,15H2,1H3. The molecule has 26 heavy (non-hydrogen) atoms. The summed E-state index contributed by atoms with van der Waals surface area (Å²) in [4.78, 5) is 11.4. The number of nitrogens with zero attached hydrogens (tertiary/aromatic N) is 3. The lowest BCUT2D eigenvalue weighted by molar-refractivity contribution is 0.210. The molecule has 1 fully saturated rings. The van der Waals surface area contributed by atoms with Crippen LogP contribution in [-0.2, 0) is 13.0 Å². The number of rotatable bonds is 6. The largest absolute Gasteiger partial charge is 0.497 e. The molecule has 3 heterocycles. The van der Waals surface area contributed by atoms with Crippen molar-refractivity contribution in [3.63, 3.8) is 0 Å². The number of pyridine rings is 1. The minimum Gasteiger partial charge on any atom is -0.497 e. The van der Waals surface area contributed by atoms with Crippen LogP contribution in [0.4, 0.5) is 0 Å². The highest BCUT2D eigenvalue weighted by molar-refractivity contribution is 5.29. The van der Waals surface area contributed by atoms with E-state index in [-0.39, 0.29) is 6.04 Å². The predicted molar refractivity (Wildman–Crippen MR) is 98.9 cm³/mol. The average Bonchev–Trinajstić information content (AvgIpc) is 3.32. The van der Waals surface area contributed by atoms with Gasteiger partial charge in [0.05, 0.1) is 25.0 Å². The Morgan fingerprint density at radius 3 is 2.81 bits per heavy atom. The molecular weight excluding hydrogens is 326 g/mol. The Kier molecular flexibility index (Phi) is 4.97. The van der Waals surface area contributed by atoms with Crippen molar-refractivity contribution in [3.8, 4) is 5.75 Å². The van der Waals surface area contributed by atoms with Crippen LogP contribution in [0.3, 0.4) is 0 Å². The molecule has 1 atom stereocenters. The average molecular weight is 349 g/mol. The summed E-state index contributed by atoms with van der Waals surface area (Å²) in [5.74, 6) is 2.58. The van der Waals surface area contributed by atoms with Gasteiger partial charge in [0.25, 0.3) is 0 Å². The van der Waals surface area contributed by atoms with Crippen LogP contribution < -0.4 is 4.74 Å². The van der Waals surface area contributed by atoms with Gasteiger partial charge in [0.1, 0.15) is 11.5 Å². The zero-order valence-electron chi connectivity index (χ0n) is 15.0. The monoisotopic (exact) mass is 349 g/mol. The molecule has 0 aliphatic carbocycles. The second-order valence-electron chi connectivity index (χ2n) is 6.64. The summed E-state index contributed by atoms with van der Waals surface area (Å²) in [6, 6.07) is 14.3. The fraction of sp³-hybridized carbons (Fsp3) is 0.333. The van der Waals surface area contributed by atoms with Crippen molar-refractivity contribution in [3.05, 3.63) is 77.8 Å². The van der Waals surface area contributed by atoms with E-state index in [0.717, 1.165) is 55.4 Å². The summed E-state index contributed by atoms with van der Waals surface area (Å²) in [6.45, 7) is 1.89. The lowest BCUT2D eigenvalue weighted by Gasteiger charge is -2.21. The van der Waals surface area contributed by atoms with Crippen molar-refractivity contribution in [2.24, 2.45) is 0 Å². The SMILES string of the molecule is COc1ccc(Cc2cnc(C3CCCN3Cc3ccccn3)o2)cc1. The second-order valence-corrected chi connectivity index (χ2v) is 6.64. The number of oxazole rings is 1. The van der Waals surface area contributed by atoms with Crippen LogP contribution in [0, 0.1) is 0 Å². The molecule has 0 N–H and O–H groups in total. The Bertz CT molecular complexity index is 830. The lowest BCUT2D eigenvalue weighted by Crippen LogP contribution is -2.23. The molecule has 2 aromatic heterocycles. The molecule has 1 unspecified atom stereocenters. The van der Waals surface area contributed by atoms with Gasteiger partial charge >= 0.3 is 0 Å². The van der Waals surface area contributed by atoms with Gasteiger partial charge in [-0.1, -0.05) is 18.2 Å². The summed E-state index contributed by atoms with van der Waals surface area (Å²) in [5, 5.41) is 0. The maximum Gasteiger partial charge on any atom is 0.211 e. The maximum atomic E-state index is 6.09. The molecule has 1 aromatic carbocycles. The highest BCUT2D eigenvalue weighted by Gasteiger charge is 2.30. The zero-order chi connectivity index (χ0) is 17.8. The smallest absolute Gasteiger partial charge is 0.211 e. The number of methoxy groups -OCH3 is 1. The Balaban J connectivity index is 1.44. The van der Waals surface area contributed by atoms with Crippen LogP contribution in [0.15, 0.2) is 59.3 Å². The zero-order valence-corrected chi connectivity index (χ0v) is 15.0. The second kappa shape index (κ2) is 7.70. The molecule has 0 radical (unpaired) electrons. The number of hydrogen-bond acceptors (Lipinski definition) is 5. The van der Waals surface area contributed by atoms with Gasteiger partial charge in [-0.3, -0.25) is 9.88 Å². The minimum atomic E-state index is 0.238. The van der Waals surface area contributed by atoms with E-state index in [9.17, 15) is 0 Å². The molecule has 134 valence electrons. The first kappa shape index (κ1) is 16.8. The summed E-state index contributed by atoms with van der Waals surface area (Å²) >= 11 is 0. The van der Waals surface area contributed by atoms with Gasteiger partial charge in [0, 0.05) is 19.2 Å². The molecule has 0 amide bonds. The normalized spacial score (nSPS) is 17.5. The van der Waals surface area contributed by atoms with Gasteiger partial charge in [0.15, 0.2) is 0 Å². The Morgan fingerprint density at radius 1 is 1.15 bits per heavy atom. The van der Waals surface area contributed by atoms with Gasteiger partial charge in [-0.05, 0) is 49.2 Å². The van der Waals surface area contributed by atoms with Crippen molar-refractivity contribution in [1.82, 2.24) is 14.9 Å². The van der Waals surface area contributed by atoms with Crippen molar-refractivity contribution in [2.45, 2.75) is 31.8 Å². The fourth-order valence-electron chi connectivity index (χ4n) is 3.50. The minimum absolute atomic E-state index is 0.238. The number of ether oxygens (including phenoxy) is 1. The third kappa shape index (κ3) is 3.78. The van der Waals surface area contributed by atoms with E-state index >= 15 is 0 Å². The number of benzene rings is 1. The fourth-order valence-corrected chi connectivity index (χ4v) is 3.50. The Labute approximate surface area is 153 Å². The molecule has 0 spiro atoms. The molecule has 1 saturated heterocycles. The van der Waals surface area contributed by atoms with E-state index in [2.05, 4.69) is 33.1 Å². The van der Waals surface area contributed by atoms with Gasteiger partial charge < -0.3 is 9.15 Å². The van der Waals surface area contributed by atoms with Crippen molar-refractivity contribution in [2.75, 3.05) is 13.7 Å². The van der Waals surface area contributed by atoms with Crippen LogP contribution in [0.5, 0.6) is 5.75 Å². The van der Waals surface area contributed by atoms with E-state index in [1.54, 1.807) is 7.11 Å². The highest BCUT2D eigenvalue weighted by Crippen LogP contribution is 2.32.